The molecule has 7 nitrogen and oxygen atoms in total. The summed E-state index contributed by atoms with van der Waals surface area (Å²) in [6.45, 7) is 4.36. The van der Waals surface area contributed by atoms with Gasteiger partial charge in [-0.05, 0) is 49.2 Å². The molecule has 0 radical (unpaired) electrons. The SMILES string of the molecule is Cc1cc(=O)c(C(=O)N2CCCN(Cc3ccc(C#N)cc3)CC2)nn1-c1cccc(C(F)(F)F)c1. The van der Waals surface area contributed by atoms with Crippen LogP contribution in [0.5, 0.6) is 0 Å². The number of hydrogen-bond acceptors (Lipinski definition) is 5. The molecule has 2 heterocycles. The number of rotatable bonds is 4. The average molecular weight is 496 g/mol. The van der Waals surface area contributed by atoms with Crippen molar-refractivity contribution >= 4 is 5.91 Å². The van der Waals surface area contributed by atoms with Gasteiger partial charge in [-0.25, -0.2) is 4.68 Å². The third-order valence-corrected chi connectivity index (χ3v) is 6.09. The van der Waals surface area contributed by atoms with Gasteiger partial charge >= 0.3 is 6.18 Å². The van der Waals surface area contributed by atoms with Gasteiger partial charge in [0.05, 0.1) is 22.9 Å². The Morgan fingerprint density at radius 1 is 1.06 bits per heavy atom. The number of aromatic nitrogens is 2. The number of nitriles is 1. The summed E-state index contributed by atoms with van der Waals surface area (Å²) in [6, 6.07) is 15.2. The van der Waals surface area contributed by atoms with Gasteiger partial charge in [0.1, 0.15) is 0 Å². The van der Waals surface area contributed by atoms with E-state index in [1.807, 2.05) is 12.1 Å². The van der Waals surface area contributed by atoms with Gasteiger partial charge in [-0.15, -0.1) is 0 Å². The lowest BCUT2D eigenvalue weighted by Gasteiger charge is -2.22. The van der Waals surface area contributed by atoms with E-state index in [1.165, 1.54) is 22.9 Å². The smallest absolute Gasteiger partial charge is 0.336 e. The molecule has 0 aliphatic carbocycles. The zero-order valence-electron chi connectivity index (χ0n) is 19.6. The molecule has 1 amide bonds. The molecule has 0 N–H and O–H groups in total. The van der Waals surface area contributed by atoms with Crippen LogP contribution in [-0.4, -0.2) is 51.7 Å². The normalized spacial score (nSPS) is 14.8. The number of carbonyl (C=O) groups excluding carboxylic acids is 1. The van der Waals surface area contributed by atoms with Crippen molar-refractivity contribution in [1.82, 2.24) is 19.6 Å². The molecule has 1 aliphatic rings. The van der Waals surface area contributed by atoms with Crippen molar-refractivity contribution in [2.45, 2.75) is 26.1 Å². The topological polar surface area (TPSA) is 82.2 Å². The first kappa shape index (κ1) is 25.1. The van der Waals surface area contributed by atoms with Gasteiger partial charge in [-0.2, -0.15) is 23.5 Å². The molecule has 0 atom stereocenters. The van der Waals surface area contributed by atoms with Crippen molar-refractivity contribution in [2.24, 2.45) is 0 Å². The molecule has 0 saturated carbocycles. The average Bonchev–Trinajstić information content (AvgIpc) is 3.09. The standard InChI is InChI=1S/C26H24F3N5O2/c1-18-14-23(35)24(31-34(18)22-5-2-4-21(15-22)26(27,28)29)25(36)33-11-3-10-32(12-13-33)17-20-8-6-19(16-30)7-9-20/h2,4-9,14-15H,3,10-13,17H2,1H3. The molecule has 0 bridgehead atoms. The van der Waals surface area contributed by atoms with Gasteiger partial charge in [0, 0.05) is 44.5 Å². The Bertz CT molecular complexity index is 1360. The largest absolute Gasteiger partial charge is 0.416 e. The number of halogens is 3. The van der Waals surface area contributed by atoms with Gasteiger partial charge in [0.2, 0.25) is 5.43 Å². The maximum absolute atomic E-state index is 13.3. The Kier molecular flexibility index (Phi) is 7.22. The fraction of sp³-hybridized carbons (Fsp3) is 0.308. The maximum Gasteiger partial charge on any atom is 0.416 e. The van der Waals surface area contributed by atoms with E-state index in [0.717, 1.165) is 24.2 Å². The van der Waals surface area contributed by atoms with Crippen LogP contribution in [0.15, 0.2) is 59.4 Å². The second-order valence-electron chi connectivity index (χ2n) is 8.69. The van der Waals surface area contributed by atoms with Crippen LogP contribution in [0.2, 0.25) is 0 Å². The molecular formula is C26H24F3N5O2. The molecule has 1 aromatic heterocycles. The third kappa shape index (κ3) is 5.63. The lowest BCUT2D eigenvalue weighted by molar-refractivity contribution is -0.137. The number of benzene rings is 2. The van der Waals surface area contributed by atoms with Gasteiger partial charge in [-0.3, -0.25) is 14.5 Å². The number of aryl methyl sites for hydroxylation is 1. The molecule has 2 aromatic carbocycles. The number of amides is 1. The summed E-state index contributed by atoms with van der Waals surface area (Å²) in [5.74, 6) is -0.541. The van der Waals surface area contributed by atoms with Gasteiger partial charge in [-0.1, -0.05) is 18.2 Å². The van der Waals surface area contributed by atoms with Crippen LogP contribution >= 0.6 is 0 Å². The van der Waals surface area contributed by atoms with Crippen LogP contribution in [0.1, 0.15) is 39.3 Å². The predicted octanol–water partition coefficient (Wildman–Crippen LogP) is 3.78. The molecule has 36 heavy (non-hydrogen) atoms. The van der Waals surface area contributed by atoms with Crippen molar-refractivity contribution < 1.29 is 18.0 Å². The summed E-state index contributed by atoms with van der Waals surface area (Å²) in [6.07, 6.45) is -3.84. The van der Waals surface area contributed by atoms with E-state index in [2.05, 4.69) is 16.1 Å². The fourth-order valence-electron chi connectivity index (χ4n) is 4.20. The summed E-state index contributed by atoms with van der Waals surface area (Å²) >= 11 is 0. The molecule has 1 saturated heterocycles. The monoisotopic (exact) mass is 495 g/mol. The molecule has 0 unspecified atom stereocenters. The molecule has 0 spiro atoms. The van der Waals surface area contributed by atoms with Crippen LogP contribution in [-0.2, 0) is 12.7 Å². The van der Waals surface area contributed by atoms with Crippen molar-refractivity contribution in [1.29, 1.82) is 5.26 Å². The summed E-state index contributed by atoms with van der Waals surface area (Å²) in [5.41, 5.74) is 0.340. The molecule has 1 fully saturated rings. The minimum absolute atomic E-state index is 0.112. The summed E-state index contributed by atoms with van der Waals surface area (Å²) < 4.78 is 40.7. The third-order valence-electron chi connectivity index (χ3n) is 6.09. The van der Waals surface area contributed by atoms with Gasteiger partial charge in [0.15, 0.2) is 5.69 Å². The highest BCUT2D eigenvalue weighted by Crippen LogP contribution is 2.30. The molecule has 4 rings (SSSR count). The zero-order valence-corrected chi connectivity index (χ0v) is 19.6. The Labute approximate surface area is 206 Å². The highest BCUT2D eigenvalue weighted by atomic mass is 19.4. The van der Waals surface area contributed by atoms with E-state index in [1.54, 1.807) is 24.0 Å². The lowest BCUT2D eigenvalue weighted by Crippen LogP contribution is -2.38. The van der Waals surface area contributed by atoms with Crippen LogP contribution in [0.25, 0.3) is 5.69 Å². The number of nitrogens with zero attached hydrogens (tertiary/aromatic N) is 5. The van der Waals surface area contributed by atoms with Crippen molar-refractivity contribution in [3.05, 3.63) is 92.9 Å². The summed E-state index contributed by atoms with van der Waals surface area (Å²) in [4.78, 5) is 29.6. The molecule has 1 aliphatic heterocycles. The molecule has 10 heteroatoms. The van der Waals surface area contributed by atoms with Gasteiger partial charge in [0.25, 0.3) is 5.91 Å². The summed E-state index contributed by atoms with van der Waals surface area (Å²) in [7, 11) is 0. The van der Waals surface area contributed by atoms with E-state index in [9.17, 15) is 22.8 Å². The second kappa shape index (κ2) is 10.3. The Morgan fingerprint density at radius 3 is 2.50 bits per heavy atom. The predicted molar refractivity (Wildman–Crippen MR) is 127 cm³/mol. The highest BCUT2D eigenvalue weighted by molar-refractivity contribution is 5.92. The first-order valence-corrected chi connectivity index (χ1v) is 11.4. The Hall–Kier alpha value is -3.97. The zero-order chi connectivity index (χ0) is 25.9. The van der Waals surface area contributed by atoms with Crippen LogP contribution in [0, 0.1) is 18.3 Å². The number of hydrogen-bond donors (Lipinski definition) is 0. The van der Waals surface area contributed by atoms with E-state index in [0.29, 0.717) is 43.9 Å². The van der Waals surface area contributed by atoms with E-state index in [4.69, 9.17) is 5.26 Å². The maximum atomic E-state index is 13.3. The van der Waals surface area contributed by atoms with Crippen molar-refractivity contribution in [3.8, 4) is 11.8 Å². The van der Waals surface area contributed by atoms with Crippen molar-refractivity contribution in [2.75, 3.05) is 26.2 Å². The molecular weight excluding hydrogens is 471 g/mol. The minimum atomic E-state index is -4.53. The van der Waals surface area contributed by atoms with E-state index in [-0.39, 0.29) is 11.4 Å². The van der Waals surface area contributed by atoms with E-state index < -0.39 is 23.1 Å². The minimum Gasteiger partial charge on any atom is -0.336 e. The van der Waals surface area contributed by atoms with Crippen LogP contribution in [0.3, 0.4) is 0 Å². The number of carbonyl (C=O) groups is 1. The quantitative estimate of drug-likeness (QED) is 0.550. The van der Waals surface area contributed by atoms with Gasteiger partial charge < -0.3 is 4.90 Å². The summed E-state index contributed by atoms with van der Waals surface area (Å²) in [5, 5.41) is 13.1. The fourth-order valence-corrected chi connectivity index (χ4v) is 4.20. The Balaban J connectivity index is 1.52. The lowest BCUT2D eigenvalue weighted by atomic mass is 10.1. The highest BCUT2D eigenvalue weighted by Gasteiger charge is 2.31. The second-order valence-corrected chi connectivity index (χ2v) is 8.69. The van der Waals surface area contributed by atoms with E-state index >= 15 is 0 Å². The van der Waals surface area contributed by atoms with Crippen LogP contribution < -0.4 is 5.43 Å². The Morgan fingerprint density at radius 2 is 1.81 bits per heavy atom. The number of alkyl halides is 3. The molecule has 186 valence electrons. The first-order valence-electron chi connectivity index (χ1n) is 11.4. The molecule has 3 aromatic rings. The first-order chi connectivity index (χ1) is 17.2. The van der Waals surface area contributed by atoms with Crippen molar-refractivity contribution in [3.63, 3.8) is 0 Å². The van der Waals surface area contributed by atoms with Crippen LogP contribution in [0.4, 0.5) is 13.2 Å².